The van der Waals surface area contributed by atoms with Gasteiger partial charge < -0.3 is 4.74 Å². The van der Waals surface area contributed by atoms with Crippen molar-refractivity contribution in [3.63, 3.8) is 0 Å². The van der Waals surface area contributed by atoms with Crippen molar-refractivity contribution < 1.29 is 17.9 Å². The summed E-state index contributed by atoms with van der Waals surface area (Å²) in [5.74, 6) is -0.100. The topological polar surface area (TPSA) is 86.5 Å². The first-order valence-electron chi connectivity index (χ1n) is 6.65. The van der Waals surface area contributed by atoms with Crippen molar-refractivity contribution in [2.24, 2.45) is 5.14 Å². The molecule has 128 valence electrons. The van der Waals surface area contributed by atoms with Crippen LogP contribution in [0.2, 0.25) is 10.0 Å². The summed E-state index contributed by atoms with van der Waals surface area (Å²) < 4.78 is 27.9. The molecule has 0 atom stereocenters. The van der Waals surface area contributed by atoms with E-state index in [1.807, 2.05) is 12.1 Å². The quantitative estimate of drug-likeness (QED) is 0.450. The van der Waals surface area contributed by atoms with Crippen molar-refractivity contribution >= 4 is 51.0 Å². The minimum atomic E-state index is -4.01. The van der Waals surface area contributed by atoms with Crippen molar-refractivity contribution in [2.45, 2.75) is 9.79 Å². The molecule has 0 fully saturated rings. The maximum Gasteiger partial charge on any atom is 0.338 e. The maximum absolute atomic E-state index is 12.0. The van der Waals surface area contributed by atoms with E-state index in [9.17, 15) is 13.2 Å². The summed E-state index contributed by atoms with van der Waals surface area (Å²) in [6.45, 7) is 0.166. The molecular weight excluding hydrogens is 393 g/mol. The van der Waals surface area contributed by atoms with Crippen LogP contribution in [0.4, 0.5) is 0 Å². The zero-order valence-corrected chi connectivity index (χ0v) is 15.4. The minimum absolute atomic E-state index is 0.0488. The normalized spacial score (nSPS) is 11.3. The number of rotatable bonds is 6. The van der Waals surface area contributed by atoms with E-state index in [1.165, 1.54) is 23.9 Å². The van der Waals surface area contributed by atoms with Gasteiger partial charge in [0.15, 0.2) is 0 Å². The van der Waals surface area contributed by atoms with E-state index in [4.69, 9.17) is 33.1 Å². The van der Waals surface area contributed by atoms with Gasteiger partial charge in [-0.2, -0.15) is 0 Å². The Morgan fingerprint density at radius 2 is 1.79 bits per heavy atom. The number of hydrogen-bond donors (Lipinski definition) is 1. The fraction of sp³-hybridized carbons (Fsp3) is 0.133. The molecule has 0 aliphatic heterocycles. The van der Waals surface area contributed by atoms with E-state index in [0.717, 1.165) is 11.0 Å². The van der Waals surface area contributed by atoms with Gasteiger partial charge in [-0.25, -0.2) is 18.4 Å². The minimum Gasteiger partial charge on any atom is -0.461 e. The van der Waals surface area contributed by atoms with E-state index in [0.29, 0.717) is 10.8 Å². The Hall–Kier alpha value is -1.25. The second-order valence-corrected chi connectivity index (χ2v) is 8.17. The van der Waals surface area contributed by atoms with E-state index < -0.39 is 16.0 Å². The number of carbonyl (C=O) groups excluding carboxylic acids is 1. The molecule has 2 N–H and O–H groups in total. The van der Waals surface area contributed by atoms with Gasteiger partial charge in [0.25, 0.3) is 0 Å². The van der Waals surface area contributed by atoms with Crippen LogP contribution in [0.25, 0.3) is 0 Å². The van der Waals surface area contributed by atoms with Crippen molar-refractivity contribution in [3.8, 4) is 0 Å². The Labute approximate surface area is 154 Å². The smallest absolute Gasteiger partial charge is 0.338 e. The molecule has 0 aliphatic rings. The molecule has 0 amide bonds. The molecule has 24 heavy (non-hydrogen) atoms. The molecule has 0 saturated heterocycles. The lowest BCUT2D eigenvalue weighted by atomic mass is 10.2. The molecule has 0 saturated carbocycles. The van der Waals surface area contributed by atoms with Gasteiger partial charge in [-0.15, -0.1) is 11.8 Å². The molecule has 0 aromatic heterocycles. The second-order valence-electron chi connectivity index (χ2n) is 4.63. The van der Waals surface area contributed by atoms with Gasteiger partial charge in [-0.3, -0.25) is 0 Å². The van der Waals surface area contributed by atoms with Gasteiger partial charge in [-0.05, 0) is 42.5 Å². The Morgan fingerprint density at radius 1 is 1.12 bits per heavy atom. The first-order valence-corrected chi connectivity index (χ1v) is 9.94. The van der Waals surface area contributed by atoms with Crippen LogP contribution in [0.1, 0.15) is 10.4 Å². The van der Waals surface area contributed by atoms with Gasteiger partial charge >= 0.3 is 5.97 Å². The van der Waals surface area contributed by atoms with Crippen molar-refractivity contribution in [2.75, 3.05) is 12.4 Å². The average Bonchev–Trinajstić information content (AvgIpc) is 2.52. The van der Waals surface area contributed by atoms with Crippen LogP contribution in [0.5, 0.6) is 0 Å². The summed E-state index contributed by atoms with van der Waals surface area (Å²) >= 11 is 13.1. The zero-order valence-electron chi connectivity index (χ0n) is 12.2. The molecule has 0 radical (unpaired) electrons. The van der Waals surface area contributed by atoms with Gasteiger partial charge in [0.2, 0.25) is 10.0 Å². The van der Waals surface area contributed by atoms with Crippen LogP contribution in [0, 0.1) is 0 Å². The molecule has 0 heterocycles. The van der Waals surface area contributed by atoms with Crippen molar-refractivity contribution in [1.29, 1.82) is 0 Å². The van der Waals surface area contributed by atoms with E-state index in [1.54, 1.807) is 12.1 Å². The molecule has 0 spiro atoms. The molecule has 0 bridgehead atoms. The lowest BCUT2D eigenvalue weighted by Gasteiger charge is -2.07. The highest BCUT2D eigenvalue weighted by molar-refractivity contribution is 7.99. The van der Waals surface area contributed by atoms with Crippen molar-refractivity contribution in [1.82, 2.24) is 0 Å². The molecule has 0 unspecified atom stereocenters. The summed E-state index contributed by atoms with van der Waals surface area (Å²) in [4.78, 5) is 12.7. The zero-order chi connectivity index (χ0) is 17.7. The number of nitrogens with two attached hydrogens (primary N) is 1. The van der Waals surface area contributed by atoms with Gasteiger partial charge in [0.1, 0.15) is 11.5 Å². The number of benzene rings is 2. The SMILES string of the molecule is NS(=O)(=O)c1cc(C(=O)OCCSc2ccc(Cl)cc2)ccc1Cl. The fourth-order valence-corrected chi connectivity index (χ4v) is 3.68. The predicted octanol–water partition coefficient (Wildman–Crippen LogP) is 3.59. The summed E-state index contributed by atoms with van der Waals surface area (Å²) in [5.41, 5.74) is 0.0694. The Kier molecular flexibility index (Phi) is 6.54. The third-order valence-corrected chi connectivity index (χ3v) is 5.49. The highest BCUT2D eigenvalue weighted by Crippen LogP contribution is 2.22. The molecule has 2 aromatic carbocycles. The summed E-state index contributed by atoms with van der Waals surface area (Å²) in [5, 5.41) is 5.65. The third kappa shape index (κ3) is 5.39. The lowest BCUT2D eigenvalue weighted by Crippen LogP contribution is -2.14. The van der Waals surface area contributed by atoms with Crippen molar-refractivity contribution in [3.05, 3.63) is 58.1 Å². The third-order valence-electron chi connectivity index (χ3n) is 2.87. The van der Waals surface area contributed by atoms with Crippen LogP contribution in [-0.4, -0.2) is 26.7 Å². The number of sulfonamides is 1. The molecule has 2 aromatic rings. The largest absolute Gasteiger partial charge is 0.461 e. The van der Waals surface area contributed by atoms with Crippen LogP contribution >= 0.6 is 35.0 Å². The average molecular weight is 406 g/mol. The number of thioether (sulfide) groups is 1. The monoisotopic (exact) mass is 405 g/mol. The summed E-state index contributed by atoms with van der Waals surface area (Å²) in [6.07, 6.45) is 0. The molecule has 9 heteroatoms. The molecular formula is C15H13Cl2NO4S2. The lowest BCUT2D eigenvalue weighted by molar-refractivity contribution is 0.0530. The van der Waals surface area contributed by atoms with Crippen LogP contribution < -0.4 is 5.14 Å². The highest BCUT2D eigenvalue weighted by atomic mass is 35.5. The van der Waals surface area contributed by atoms with Gasteiger partial charge in [0, 0.05) is 15.7 Å². The first-order chi connectivity index (χ1) is 11.3. The number of carbonyl (C=O) groups is 1. The number of halogens is 2. The Morgan fingerprint density at radius 3 is 2.42 bits per heavy atom. The summed E-state index contributed by atoms with van der Waals surface area (Å²) in [7, 11) is -4.01. The standard InChI is InChI=1S/C15H13Cl2NO4S2/c16-11-2-4-12(5-3-11)23-8-7-22-15(19)10-1-6-13(17)14(9-10)24(18,20)21/h1-6,9H,7-8H2,(H2,18,20,21). The van der Waals surface area contributed by atoms with Crippen LogP contribution in [-0.2, 0) is 14.8 Å². The number of primary sulfonamides is 1. The van der Waals surface area contributed by atoms with Gasteiger partial charge in [-0.1, -0.05) is 23.2 Å². The van der Waals surface area contributed by atoms with Crippen LogP contribution in [0.3, 0.4) is 0 Å². The second kappa shape index (κ2) is 8.22. The van der Waals surface area contributed by atoms with E-state index in [2.05, 4.69) is 0 Å². The number of ether oxygens (including phenoxy) is 1. The Balaban J connectivity index is 1.92. The van der Waals surface area contributed by atoms with Crippen LogP contribution in [0.15, 0.2) is 52.3 Å². The molecule has 0 aliphatic carbocycles. The molecule has 5 nitrogen and oxygen atoms in total. The molecule has 2 rings (SSSR count). The van der Waals surface area contributed by atoms with E-state index in [-0.39, 0.29) is 22.1 Å². The number of hydrogen-bond acceptors (Lipinski definition) is 5. The predicted molar refractivity (Wildman–Crippen MR) is 95.3 cm³/mol. The fourth-order valence-electron chi connectivity index (χ4n) is 1.76. The number of esters is 1. The summed E-state index contributed by atoms with van der Waals surface area (Å²) in [6, 6.07) is 11.1. The first kappa shape index (κ1) is 19.1. The highest BCUT2D eigenvalue weighted by Gasteiger charge is 2.17. The van der Waals surface area contributed by atoms with Gasteiger partial charge in [0.05, 0.1) is 10.6 Å². The Bertz CT molecular complexity index is 839. The van der Waals surface area contributed by atoms with E-state index >= 15 is 0 Å². The maximum atomic E-state index is 12.0.